The highest BCUT2D eigenvalue weighted by atomic mass is 32.2. The number of aryl methyl sites for hydroxylation is 1. The summed E-state index contributed by atoms with van der Waals surface area (Å²) in [5.74, 6) is -1.35. The van der Waals surface area contributed by atoms with Crippen LogP contribution in [0.2, 0.25) is 0 Å². The monoisotopic (exact) mass is 334 g/mol. The van der Waals surface area contributed by atoms with Crippen molar-refractivity contribution in [2.45, 2.75) is 32.2 Å². The second-order valence-corrected chi connectivity index (χ2v) is 7.32. The second kappa shape index (κ2) is 5.64. The number of hydrogen-bond acceptors (Lipinski definition) is 6. The number of amides is 1. The lowest BCUT2D eigenvalue weighted by Crippen LogP contribution is -2.69. The maximum atomic E-state index is 12.0. The zero-order chi connectivity index (χ0) is 15.8. The van der Waals surface area contributed by atoms with E-state index in [0.717, 1.165) is 17.8 Å². The van der Waals surface area contributed by atoms with Gasteiger partial charge in [0.15, 0.2) is 0 Å². The Balaban J connectivity index is 2.44. The van der Waals surface area contributed by atoms with Gasteiger partial charge in [-0.2, -0.15) is 8.42 Å². The van der Waals surface area contributed by atoms with Gasteiger partial charge >= 0.3 is 10.3 Å². The molecule has 0 spiro atoms. The summed E-state index contributed by atoms with van der Waals surface area (Å²) >= 11 is 1.42. The third kappa shape index (κ3) is 2.59. The van der Waals surface area contributed by atoms with Crippen LogP contribution in [0.1, 0.15) is 31.0 Å². The van der Waals surface area contributed by atoms with E-state index in [2.05, 4.69) is 4.98 Å². The molecule has 1 aromatic heterocycles. The minimum absolute atomic E-state index is 0.0714. The molecule has 0 bridgehead atoms. The highest BCUT2D eigenvalue weighted by molar-refractivity contribution is 7.84. The SMILES string of the molecule is CCCc1nc([C@]2(C)[C@H](COC)C(=O)N2S(=O)(=O)O)cs1. The molecule has 0 saturated carbocycles. The molecule has 0 aliphatic carbocycles. The number of rotatable bonds is 6. The molecular weight excluding hydrogens is 316 g/mol. The third-order valence-electron chi connectivity index (χ3n) is 3.70. The van der Waals surface area contributed by atoms with E-state index in [-0.39, 0.29) is 6.61 Å². The number of thiazole rings is 1. The highest BCUT2D eigenvalue weighted by Crippen LogP contribution is 2.47. The van der Waals surface area contributed by atoms with Crippen molar-refractivity contribution in [3.05, 3.63) is 16.1 Å². The molecule has 118 valence electrons. The lowest BCUT2D eigenvalue weighted by molar-refractivity contribution is -0.162. The van der Waals surface area contributed by atoms with Crippen molar-refractivity contribution in [3.8, 4) is 0 Å². The lowest BCUT2D eigenvalue weighted by atomic mass is 9.75. The van der Waals surface area contributed by atoms with Crippen LogP contribution in [0.15, 0.2) is 5.38 Å². The first-order valence-corrected chi connectivity index (χ1v) is 8.80. The van der Waals surface area contributed by atoms with Gasteiger partial charge in [0, 0.05) is 12.5 Å². The van der Waals surface area contributed by atoms with Crippen molar-refractivity contribution in [1.29, 1.82) is 0 Å². The van der Waals surface area contributed by atoms with E-state index >= 15 is 0 Å². The molecule has 1 aliphatic heterocycles. The number of aromatic nitrogens is 1. The Morgan fingerprint density at radius 2 is 2.24 bits per heavy atom. The fourth-order valence-electron chi connectivity index (χ4n) is 2.59. The molecule has 2 rings (SSSR count). The first kappa shape index (κ1) is 16.3. The Morgan fingerprint density at radius 3 is 2.76 bits per heavy atom. The van der Waals surface area contributed by atoms with Gasteiger partial charge < -0.3 is 4.74 Å². The molecule has 0 unspecified atom stereocenters. The van der Waals surface area contributed by atoms with Gasteiger partial charge in [-0.05, 0) is 19.8 Å². The lowest BCUT2D eigenvalue weighted by Gasteiger charge is -2.51. The number of ether oxygens (including phenoxy) is 1. The van der Waals surface area contributed by atoms with E-state index < -0.39 is 27.7 Å². The predicted octanol–water partition coefficient (Wildman–Crippen LogP) is 1.22. The van der Waals surface area contributed by atoms with Crippen LogP contribution < -0.4 is 0 Å². The van der Waals surface area contributed by atoms with Crippen molar-refractivity contribution in [1.82, 2.24) is 9.29 Å². The first-order valence-electron chi connectivity index (χ1n) is 6.52. The number of carbonyl (C=O) groups excluding carboxylic acids is 1. The van der Waals surface area contributed by atoms with Crippen molar-refractivity contribution >= 4 is 27.5 Å². The van der Waals surface area contributed by atoms with Gasteiger partial charge in [-0.25, -0.2) is 9.29 Å². The number of β-lactam (4-membered cyclic amide) rings is 1. The molecule has 1 fully saturated rings. The minimum atomic E-state index is -4.63. The van der Waals surface area contributed by atoms with Crippen LogP contribution in [0, 0.1) is 5.92 Å². The van der Waals surface area contributed by atoms with Crippen molar-refractivity contribution in [2.75, 3.05) is 13.7 Å². The van der Waals surface area contributed by atoms with Gasteiger partial charge in [-0.15, -0.1) is 11.3 Å². The van der Waals surface area contributed by atoms with Crippen molar-refractivity contribution in [3.63, 3.8) is 0 Å². The van der Waals surface area contributed by atoms with Gasteiger partial charge in [0.05, 0.1) is 23.2 Å². The Bertz CT molecular complexity index is 642. The zero-order valence-corrected chi connectivity index (χ0v) is 13.7. The standard InChI is InChI=1S/C12H18N2O5S2/c1-4-5-10-13-9(7-20-10)12(2)8(6-19-3)11(15)14(12)21(16,17)18/h7-8H,4-6H2,1-3H3,(H,16,17,18)/t8-,12+/m1/s1. The molecule has 2 atom stereocenters. The summed E-state index contributed by atoms with van der Waals surface area (Å²) in [6.07, 6.45) is 1.71. The number of nitrogens with zero attached hydrogens (tertiary/aromatic N) is 2. The predicted molar refractivity (Wildman–Crippen MR) is 77.2 cm³/mol. The minimum Gasteiger partial charge on any atom is -0.384 e. The fourth-order valence-corrected chi connectivity index (χ4v) is 4.66. The largest absolute Gasteiger partial charge is 0.384 e. The number of carbonyl (C=O) groups is 1. The van der Waals surface area contributed by atoms with Crippen LogP contribution in [0.3, 0.4) is 0 Å². The van der Waals surface area contributed by atoms with E-state index in [1.165, 1.54) is 18.4 Å². The van der Waals surface area contributed by atoms with Crippen LogP contribution in [-0.4, -0.2) is 41.9 Å². The van der Waals surface area contributed by atoms with E-state index in [0.29, 0.717) is 10.00 Å². The molecular formula is C12H18N2O5S2. The topological polar surface area (TPSA) is 96.8 Å². The van der Waals surface area contributed by atoms with Crippen LogP contribution in [0.5, 0.6) is 0 Å². The molecule has 1 N–H and O–H groups in total. The van der Waals surface area contributed by atoms with Crippen molar-refractivity contribution in [2.24, 2.45) is 5.92 Å². The van der Waals surface area contributed by atoms with E-state index in [1.807, 2.05) is 6.92 Å². The summed E-state index contributed by atoms with van der Waals surface area (Å²) in [6, 6.07) is 0. The highest BCUT2D eigenvalue weighted by Gasteiger charge is 2.64. The molecule has 0 radical (unpaired) electrons. The Hall–Kier alpha value is -1.03. The summed E-state index contributed by atoms with van der Waals surface area (Å²) in [6.45, 7) is 3.67. The van der Waals surface area contributed by atoms with Crippen LogP contribution in [-0.2, 0) is 31.8 Å². The van der Waals surface area contributed by atoms with E-state index in [4.69, 9.17) is 4.74 Å². The maximum absolute atomic E-state index is 12.0. The van der Waals surface area contributed by atoms with Gasteiger partial charge in [0.2, 0.25) is 5.91 Å². The molecule has 2 heterocycles. The second-order valence-electron chi connectivity index (χ2n) is 5.11. The first-order chi connectivity index (χ1) is 9.76. The van der Waals surface area contributed by atoms with Gasteiger partial charge in [-0.1, -0.05) is 6.92 Å². The summed E-state index contributed by atoms with van der Waals surface area (Å²) in [5.41, 5.74) is -0.737. The summed E-state index contributed by atoms with van der Waals surface area (Å²) < 4.78 is 37.8. The average Bonchev–Trinajstić information content (AvgIpc) is 2.83. The number of methoxy groups -OCH3 is 1. The summed E-state index contributed by atoms with van der Waals surface area (Å²) in [5, 5.41) is 2.61. The normalized spacial score (nSPS) is 26.0. The third-order valence-corrected chi connectivity index (χ3v) is 5.63. The molecule has 1 aliphatic rings. The maximum Gasteiger partial charge on any atom is 0.363 e. The van der Waals surface area contributed by atoms with E-state index in [1.54, 1.807) is 12.3 Å². The molecule has 1 saturated heterocycles. The smallest absolute Gasteiger partial charge is 0.363 e. The summed E-state index contributed by atoms with van der Waals surface area (Å²) in [7, 11) is -3.19. The molecule has 1 amide bonds. The number of hydrogen-bond donors (Lipinski definition) is 1. The quantitative estimate of drug-likeness (QED) is 0.620. The molecule has 9 heteroatoms. The van der Waals surface area contributed by atoms with Crippen LogP contribution in [0.25, 0.3) is 0 Å². The summed E-state index contributed by atoms with van der Waals surface area (Å²) in [4.78, 5) is 16.4. The van der Waals surface area contributed by atoms with E-state index in [9.17, 15) is 17.8 Å². The molecule has 7 nitrogen and oxygen atoms in total. The van der Waals surface area contributed by atoms with Crippen LogP contribution >= 0.6 is 11.3 Å². The van der Waals surface area contributed by atoms with Gasteiger partial charge in [-0.3, -0.25) is 9.35 Å². The van der Waals surface area contributed by atoms with Gasteiger partial charge in [0.25, 0.3) is 0 Å². The Labute approximate surface area is 127 Å². The van der Waals surface area contributed by atoms with Crippen LogP contribution in [0.4, 0.5) is 0 Å². The Morgan fingerprint density at radius 1 is 1.57 bits per heavy atom. The molecule has 1 aromatic rings. The fraction of sp³-hybridized carbons (Fsp3) is 0.667. The van der Waals surface area contributed by atoms with Crippen molar-refractivity contribution < 1.29 is 22.5 Å². The van der Waals surface area contributed by atoms with Gasteiger partial charge in [0.1, 0.15) is 5.54 Å². The average molecular weight is 334 g/mol. The zero-order valence-electron chi connectivity index (χ0n) is 12.1. The Kier molecular flexibility index (Phi) is 4.39. The molecule has 0 aromatic carbocycles. The molecule has 21 heavy (non-hydrogen) atoms.